The highest BCUT2D eigenvalue weighted by molar-refractivity contribution is 6.11. The molecule has 2 atom stereocenters. The van der Waals surface area contributed by atoms with E-state index in [1.165, 1.54) is 7.11 Å². The van der Waals surface area contributed by atoms with Crippen LogP contribution in [0.5, 0.6) is 5.75 Å². The molecule has 1 amide bonds. The Morgan fingerprint density at radius 2 is 2.14 bits per heavy atom. The standard InChI is InChI=1S/C15H20BNO5/c1-9-5-17(6-14(16)22-9)15(20)10-3-11(7-18)12(8-19)13(4-10)21-2/h3-4,9,14,18-19H,5-8H2,1-2H3. The van der Waals surface area contributed by atoms with Crippen LogP contribution in [-0.4, -0.2) is 61.2 Å². The molecule has 1 saturated heterocycles. The first-order valence-electron chi connectivity index (χ1n) is 7.12. The molecular formula is C15H20BNO5. The first kappa shape index (κ1) is 16.8. The van der Waals surface area contributed by atoms with E-state index in [1.54, 1.807) is 17.0 Å². The fraction of sp³-hybridized carbons (Fsp3) is 0.533. The van der Waals surface area contributed by atoms with E-state index in [-0.39, 0.29) is 25.2 Å². The molecule has 2 radical (unpaired) electrons. The fourth-order valence-electron chi connectivity index (χ4n) is 2.66. The number of carbonyl (C=O) groups excluding carboxylic acids is 1. The molecule has 1 aromatic carbocycles. The summed E-state index contributed by atoms with van der Waals surface area (Å²) in [5.41, 5.74) is 1.34. The topological polar surface area (TPSA) is 79.2 Å². The number of aliphatic hydroxyl groups excluding tert-OH is 2. The Bertz CT molecular complexity index is 516. The van der Waals surface area contributed by atoms with Gasteiger partial charge < -0.3 is 24.6 Å². The van der Waals surface area contributed by atoms with Crippen LogP contribution in [0.15, 0.2) is 12.1 Å². The molecule has 0 bridgehead atoms. The molecule has 0 aromatic heterocycles. The number of amides is 1. The summed E-state index contributed by atoms with van der Waals surface area (Å²) < 4.78 is 10.6. The van der Waals surface area contributed by atoms with Crippen molar-refractivity contribution in [2.24, 2.45) is 0 Å². The van der Waals surface area contributed by atoms with Gasteiger partial charge in [-0.3, -0.25) is 4.79 Å². The van der Waals surface area contributed by atoms with Crippen LogP contribution in [0.4, 0.5) is 0 Å². The Morgan fingerprint density at radius 1 is 1.41 bits per heavy atom. The number of nitrogens with zero attached hydrogens (tertiary/aromatic N) is 1. The van der Waals surface area contributed by atoms with Gasteiger partial charge in [-0.2, -0.15) is 0 Å². The Morgan fingerprint density at radius 3 is 2.68 bits per heavy atom. The summed E-state index contributed by atoms with van der Waals surface area (Å²) in [6, 6.07) is 2.63. The molecule has 6 nitrogen and oxygen atoms in total. The molecule has 22 heavy (non-hydrogen) atoms. The van der Waals surface area contributed by atoms with Crippen molar-refractivity contribution in [3.63, 3.8) is 0 Å². The Hall–Kier alpha value is -1.57. The third-order valence-electron chi connectivity index (χ3n) is 3.67. The zero-order valence-corrected chi connectivity index (χ0v) is 12.8. The molecule has 2 N–H and O–H groups in total. The lowest BCUT2D eigenvalue weighted by atomic mass is 9.96. The minimum Gasteiger partial charge on any atom is -0.496 e. The average Bonchev–Trinajstić information content (AvgIpc) is 2.51. The van der Waals surface area contributed by atoms with Crippen LogP contribution in [-0.2, 0) is 18.0 Å². The van der Waals surface area contributed by atoms with Crippen molar-refractivity contribution in [1.82, 2.24) is 4.90 Å². The van der Waals surface area contributed by atoms with E-state index in [0.29, 0.717) is 35.5 Å². The Labute approximate surface area is 131 Å². The SMILES string of the molecule is [B]C1CN(C(=O)c2cc(CO)c(CO)c(OC)c2)CC(C)O1. The summed E-state index contributed by atoms with van der Waals surface area (Å²) in [5.74, 6) is 0.172. The molecule has 2 unspecified atom stereocenters. The maximum atomic E-state index is 12.6. The van der Waals surface area contributed by atoms with Crippen molar-refractivity contribution in [2.75, 3.05) is 20.2 Å². The van der Waals surface area contributed by atoms with Crippen molar-refractivity contribution < 1.29 is 24.5 Å². The highest BCUT2D eigenvalue weighted by Gasteiger charge is 2.27. The third kappa shape index (κ3) is 3.43. The number of rotatable bonds is 4. The molecular weight excluding hydrogens is 285 g/mol. The van der Waals surface area contributed by atoms with Gasteiger partial charge in [-0.1, -0.05) is 0 Å². The maximum absolute atomic E-state index is 12.6. The largest absolute Gasteiger partial charge is 0.496 e. The van der Waals surface area contributed by atoms with Gasteiger partial charge in [0.15, 0.2) is 0 Å². The summed E-state index contributed by atoms with van der Waals surface area (Å²) in [6.07, 6.45) is -0.136. The van der Waals surface area contributed by atoms with Crippen LogP contribution >= 0.6 is 0 Å². The maximum Gasteiger partial charge on any atom is 0.254 e. The number of carbonyl (C=O) groups is 1. The van der Waals surface area contributed by atoms with Crippen molar-refractivity contribution in [2.45, 2.75) is 32.2 Å². The number of hydrogen-bond donors (Lipinski definition) is 2. The molecule has 1 aliphatic heterocycles. The lowest BCUT2D eigenvalue weighted by molar-refractivity contribution is -0.0319. The molecule has 1 aromatic rings. The van der Waals surface area contributed by atoms with Gasteiger partial charge in [-0.25, -0.2) is 0 Å². The zero-order chi connectivity index (χ0) is 16.3. The van der Waals surface area contributed by atoms with Crippen LogP contribution in [0.3, 0.4) is 0 Å². The fourth-order valence-corrected chi connectivity index (χ4v) is 2.66. The normalized spacial score (nSPS) is 21.7. The van der Waals surface area contributed by atoms with Gasteiger partial charge >= 0.3 is 0 Å². The smallest absolute Gasteiger partial charge is 0.254 e. The van der Waals surface area contributed by atoms with E-state index in [2.05, 4.69) is 0 Å². The van der Waals surface area contributed by atoms with Gasteiger partial charge in [0.05, 0.1) is 26.4 Å². The van der Waals surface area contributed by atoms with E-state index in [0.717, 1.165) is 0 Å². The van der Waals surface area contributed by atoms with Crippen LogP contribution in [0.1, 0.15) is 28.4 Å². The molecule has 1 aliphatic rings. The number of ether oxygens (including phenoxy) is 2. The van der Waals surface area contributed by atoms with Crippen LogP contribution in [0, 0.1) is 0 Å². The molecule has 7 heteroatoms. The van der Waals surface area contributed by atoms with Crippen LogP contribution in [0.25, 0.3) is 0 Å². The lowest BCUT2D eigenvalue weighted by Gasteiger charge is -2.35. The zero-order valence-electron chi connectivity index (χ0n) is 12.8. The van der Waals surface area contributed by atoms with Crippen LogP contribution < -0.4 is 4.74 Å². The summed E-state index contributed by atoms with van der Waals surface area (Å²) in [5, 5.41) is 18.8. The highest BCUT2D eigenvalue weighted by atomic mass is 16.5. The summed E-state index contributed by atoms with van der Waals surface area (Å²) >= 11 is 0. The second kappa shape index (κ2) is 7.13. The molecule has 0 spiro atoms. The van der Waals surface area contributed by atoms with Crippen molar-refractivity contribution in [1.29, 1.82) is 0 Å². The average molecular weight is 305 g/mol. The molecule has 1 fully saturated rings. The predicted octanol–water partition coefficient (Wildman–Crippen LogP) is 0.0353. The summed E-state index contributed by atoms with van der Waals surface area (Å²) in [4.78, 5) is 14.3. The molecule has 0 saturated carbocycles. The molecule has 0 aliphatic carbocycles. The molecule has 2 rings (SSSR count). The molecule has 1 heterocycles. The Balaban J connectivity index is 2.33. The van der Waals surface area contributed by atoms with Gasteiger partial charge in [0, 0.05) is 30.2 Å². The summed E-state index contributed by atoms with van der Waals surface area (Å²) in [7, 11) is 7.23. The first-order valence-corrected chi connectivity index (χ1v) is 7.12. The first-order chi connectivity index (χ1) is 10.5. The quantitative estimate of drug-likeness (QED) is 0.768. The van der Waals surface area contributed by atoms with Gasteiger partial charge in [0.2, 0.25) is 0 Å². The number of morpholine rings is 1. The Kier molecular flexibility index (Phi) is 5.44. The van der Waals surface area contributed by atoms with Crippen molar-refractivity contribution in [3.05, 3.63) is 28.8 Å². The monoisotopic (exact) mass is 305 g/mol. The second-order valence-corrected chi connectivity index (χ2v) is 5.33. The van der Waals surface area contributed by atoms with E-state index < -0.39 is 6.00 Å². The number of aliphatic hydroxyl groups is 2. The van der Waals surface area contributed by atoms with Crippen molar-refractivity contribution >= 4 is 13.8 Å². The van der Waals surface area contributed by atoms with E-state index in [1.807, 2.05) is 6.92 Å². The molecule has 118 valence electrons. The minimum atomic E-state index is -0.511. The summed E-state index contributed by atoms with van der Waals surface area (Å²) in [6.45, 7) is 2.06. The third-order valence-corrected chi connectivity index (χ3v) is 3.67. The minimum absolute atomic E-state index is 0.136. The van der Waals surface area contributed by atoms with E-state index >= 15 is 0 Å². The van der Waals surface area contributed by atoms with Crippen LogP contribution in [0.2, 0.25) is 0 Å². The highest BCUT2D eigenvalue weighted by Crippen LogP contribution is 2.26. The van der Waals surface area contributed by atoms with Gasteiger partial charge in [-0.15, -0.1) is 0 Å². The van der Waals surface area contributed by atoms with Gasteiger partial charge in [0.1, 0.15) is 13.6 Å². The van der Waals surface area contributed by atoms with Gasteiger partial charge in [0.25, 0.3) is 5.91 Å². The number of hydrogen-bond acceptors (Lipinski definition) is 5. The number of methoxy groups -OCH3 is 1. The predicted molar refractivity (Wildman–Crippen MR) is 80.8 cm³/mol. The second-order valence-electron chi connectivity index (χ2n) is 5.33. The van der Waals surface area contributed by atoms with Crippen molar-refractivity contribution in [3.8, 4) is 5.75 Å². The number of benzene rings is 1. The van der Waals surface area contributed by atoms with E-state index in [9.17, 15) is 15.0 Å². The lowest BCUT2D eigenvalue weighted by Crippen LogP contribution is -2.49. The van der Waals surface area contributed by atoms with Gasteiger partial charge in [-0.05, 0) is 24.6 Å². The van der Waals surface area contributed by atoms with E-state index in [4.69, 9.17) is 17.3 Å².